The molecule has 2 N–H and O–H groups in total. The summed E-state index contributed by atoms with van der Waals surface area (Å²) in [6.07, 6.45) is 6.83. The second kappa shape index (κ2) is 14.1. The fourth-order valence-electron chi connectivity index (χ4n) is 2.58. The summed E-state index contributed by atoms with van der Waals surface area (Å²) >= 11 is 23.5. The van der Waals surface area contributed by atoms with Crippen LogP contribution >= 0.6 is 46.4 Å². The van der Waals surface area contributed by atoms with Gasteiger partial charge in [-0.1, -0.05) is 71.4 Å². The summed E-state index contributed by atoms with van der Waals surface area (Å²) in [5.74, 6) is -0.341. The highest BCUT2D eigenvalue weighted by atomic mass is 35.5. The van der Waals surface area contributed by atoms with Gasteiger partial charge in [-0.05, 0) is 48.2 Å². The van der Waals surface area contributed by atoms with E-state index in [1.54, 1.807) is 36.4 Å². The molecule has 2 aromatic carbocycles. The van der Waals surface area contributed by atoms with E-state index in [-0.39, 0.29) is 11.8 Å². The summed E-state index contributed by atoms with van der Waals surface area (Å²) in [5, 5.41) is 9.58. The van der Waals surface area contributed by atoms with E-state index < -0.39 is 0 Å². The minimum Gasteiger partial charge on any atom is -0.273 e. The van der Waals surface area contributed by atoms with Crippen LogP contribution in [0.15, 0.2) is 46.6 Å². The number of hydrazone groups is 2. The van der Waals surface area contributed by atoms with Crippen molar-refractivity contribution in [3.63, 3.8) is 0 Å². The predicted molar refractivity (Wildman–Crippen MR) is 132 cm³/mol. The zero-order valence-electron chi connectivity index (χ0n) is 17.1. The van der Waals surface area contributed by atoms with E-state index in [9.17, 15) is 9.59 Å². The topological polar surface area (TPSA) is 82.9 Å². The van der Waals surface area contributed by atoms with E-state index in [1.807, 2.05) is 0 Å². The van der Waals surface area contributed by atoms with Gasteiger partial charge in [0.1, 0.15) is 0 Å². The van der Waals surface area contributed by atoms with Crippen LogP contribution in [0.1, 0.15) is 49.7 Å². The molecule has 2 amide bonds. The third kappa shape index (κ3) is 10.0. The first-order valence-corrected chi connectivity index (χ1v) is 11.4. The fraction of sp³-hybridized carbons (Fsp3) is 0.273. The molecule has 0 heterocycles. The maximum absolute atomic E-state index is 11.8. The molecule has 0 aliphatic heterocycles. The van der Waals surface area contributed by atoms with Crippen LogP contribution in [0.5, 0.6) is 0 Å². The second-order valence-electron chi connectivity index (χ2n) is 6.85. The van der Waals surface area contributed by atoms with Crippen LogP contribution in [0.25, 0.3) is 0 Å². The van der Waals surface area contributed by atoms with Gasteiger partial charge in [-0.3, -0.25) is 9.59 Å². The van der Waals surface area contributed by atoms with Crippen LogP contribution in [0.4, 0.5) is 0 Å². The Morgan fingerprint density at radius 3 is 1.44 bits per heavy atom. The number of carbonyl (C=O) groups is 2. The molecule has 0 bridgehead atoms. The standard InChI is InChI=1S/C22H22Cl4N4O2/c23-17-9-7-15(11-19(17)25)13-27-29-21(31)5-3-1-2-4-6-22(32)30-28-14-16-8-10-18(24)20(26)12-16/h7-14H,1-6H2,(H,29,31)(H,30,32). The quantitative estimate of drug-likeness (QED) is 0.211. The maximum Gasteiger partial charge on any atom is 0.240 e. The van der Waals surface area contributed by atoms with Crippen LogP contribution in [0, 0.1) is 0 Å². The number of nitrogens with zero attached hydrogens (tertiary/aromatic N) is 2. The van der Waals surface area contributed by atoms with Crippen molar-refractivity contribution in [2.24, 2.45) is 10.2 Å². The van der Waals surface area contributed by atoms with Crippen LogP contribution < -0.4 is 10.9 Å². The molecule has 2 aromatic rings. The molecular weight excluding hydrogens is 494 g/mol. The summed E-state index contributed by atoms with van der Waals surface area (Å²) in [7, 11) is 0. The molecule has 0 saturated carbocycles. The molecule has 0 radical (unpaired) electrons. The van der Waals surface area contributed by atoms with Gasteiger partial charge in [-0.25, -0.2) is 10.9 Å². The second-order valence-corrected chi connectivity index (χ2v) is 8.48. The smallest absolute Gasteiger partial charge is 0.240 e. The maximum atomic E-state index is 11.8. The molecule has 170 valence electrons. The highest BCUT2D eigenvalue weighted by molar-refractivity contribution is 6.42. The molecule has 6 nitrogen and oxygen atoms in total. The molecule has 0 spiro atoms. The summed E-state index contributed by atoms with van der Waals surface area (Å²) in [6.45, 7) is 0. The van der Waals surface area contributed by atoms with Gasteiger partial charge in [0.2, 0.25) is 11.8 Å². The fourth-order valence-corrected chi connectivity index (χ4v) is 3.19. The van der Waals surface area contributed by atoms with E-state index in [1.165, 1.54) is 12.4 Å². The Hall–Kier alpha value is -2.12. The van der Waals surface area contributed by atoms with Gasteiger partial charge in [0, 0.05) is 12.8 Å². The first-order valence-electron chi connectivity index (χ1n) is 9.89. The molecule has 0 atom stereocenters. The third-order valence-corrected chi connectivity index (χ3v) is 5.73. The highest BCUT2D eigenvalue weighted by Crippen LogP contribution is 2.22. The molecule has 32 heavy (non-hydrogen) atoms. The van der Waals surface area contributed by atoms with E-state index in [0.717, 1.165) is 24.0 Å². The Morgan fingerprint density at radius 2 is 1.06 bits per heavy atom. The van der Waals surface area contributed by atoms with Crippen LogP contribution in [0.3, 0.4) is 0 Å². The van der Waals surface area contributed by atoms with Crippen molar-refractivity contribution in [3.8, 4) is 0 Å². The molecule has 2 rings (SSSR count). The van der Waals surface area contributed by atoms with E-state index in [2.05, 4.69) is 21.1 Å². The van der Waals surface area contributed by atoms with Crippen molar-refractivity contribution < 1.29 is 9.59 Å². The Labute approximate surface area is 207 Å². The largest absolute Gasteiger partial charge is 0.273 e. The molecule has 0 aliphatic rings. The number of rotatable bonds is 11. The zero-order valence-corrected chi connectivity index (χ0v) is 20.1. The van der Waals surface area contributed by atoms with E-state index in [0.29, 0.717) is 45.8 Å². The average Bonchev–Trinajstić information content (AvgIpc) is 2.75. The number of amides is 2. The third-order valence-electron chi connectivity index (χ3n) is 4.25. The van der Waals surface area contributed by atoms with Crippen molar-refractivity contribution in [1.82, 2.24) is 10.9 Å². The van der Waals surface area contributed by atoms with Gasteiger partial charge in [-0.2, -0.15) is 10.2 Å². The zero-order chi connectivity index (χ0) is 23.3. The van der Waals surface area contributed by atoms with Crippen molar-refractivity contribution in [2.75, 3.05) is 0 Å². The van der Waals surface area contributed by atoms with Crippen LogP contribution in [0.2, 0.25) is 20.1 Å². The van der Waals surface area contributed by atoms with Crippen molar-refractivity contribution in [1.29, 1.82) is 0 Å². The minimum atomic E-state index is -0.171. The predicted octanol–water partition coefficient (Wildman–Crippen LogP) is 6.24. The summed E-state index contributed by atoms with van der Waals surface area (Å²) < 4.78 is 0. The number of unbranched alkanes of at least 4 members (excludes halogenated alkanes) is 3. The molecule has 0 aliphatic carbocycles. The molecule has 0 saturated heterocycles. The van der Waals surface area contributed by atoms with Crippen molar-refractivity contribution in [3.05, 3.63) is 67.6 Å². The lowest BCUT2D eigenvalue weighted by molar-refractivity contribution is -0.122. The molecule has 0 unspecified atom stereocenters. The number of hydrogen-bond acceptors (Lipinski definition) is 4. The number of carbonyl (C=O) groups excluding carboxylic acids is 2. The molecular formula is C22H22Cl4N4O2. The number of benzene rings is 2. The van der Waals surface area contributed by atoms with E-state index in [4.69, 9.17) is 46.4 Å². The monoisotopic (exact) mass is 514 g/mol. The van der Waals surface area contributed by atoms with Crippen LogP contribution in [-0.4, -0.2) is 24.2 Å². The van der Waals surface area contributed by atoms with Crippen molar-refractivity contribution in [2.45, 2.75) is 38.5 Å². The summed E-state index contributed by atoms with van der Waals surface area (Å²) in [6, 6.07) is 10.1. The lowest BCUT2D eigenvalue weighted by Gasteiger charge is -2.02. The normalized spacial score (nSPS) is 11.2. The minimum absolute atomic E-state index is 0.171. The lowest BCUT2D eigenvalue weighted by Crippen LogP contribution is -2.17. The van der Waals surface area contributed by atoms with Crippen LogP contribution in [-0.2, 0) is 9.59 Å². The summed E-state index contributed by atoms with van der Waals surface area (Å²) in [4.78, 5) is 23.6. The Morgan fingerprint density at radius 1 is 0.656 bits per heavy atom. The highest BCUT2D eigenvalue weighted by Gasteiger charge is 2.03. The first kappa shape index (κ1) is 26.1. The first-order chi connectivity index (χ1) is 15.3. The average molecular weight is 516 g/mol. The molecule has 0 aromatic heterocycles. The van der Waals surface area contributed by atoms with E-state index >= 15 is 0 Å². The van der Waals surface area contributed by atoms with Gasteiger partial charge in [0.25, 0.3) is 0 Å². The number of hydrogen-bond donors (Lipinski definition) is 2. The van der Waals surface area contributed by atoms with Gasteiger partial charge in [0.05, 0.1) is 32.5 Å². The van der Waals surface area contributed by atoms with Crippen molar-refractivity contribution >= 4 is 70.6 Å². The molecule has 0 fully saturated rings. The van der Waals surface area contributed by atoms with Gasteiger partial charge < -0.3 is 0 Å². The van der Waals surface area contributed by atoms with Gasteiger partial charge in [-0.15, -0.1) is 0 Å². The SMILES string of the molecule is O=C(CCCCCCC(=O)NN=Cc1ccc(Cl)c(Cl)c1)NN=Cc1ccc(Cl)c(Cl)c1. The number of nitrogens with one attached hydrogen (secondary N) is 2. The Kier molecular flexibility index (Phi) is 11.5. The van der Waals surface area contributed by atoms with Gasteiger partial charge >= 0.3 is 0 Å². The van der Waals surface area contributed by atoms with Gasteiger partial charge in [0.15, 0.2) is 0 Å². The lowest BCUT2D eigenvalue weighted by atomic mass is 10.1. The Bertz CT molecular complexity index is 916. The molecule has 10 heteroatoms. The summed E-state index contributed by atoms with van der Waals surface area (Å²) in [5.41, 5.74) is 6.42. The Balaban J connectivity index is 1.53. The number of halogens is 4.